The predicted octanol–water partition coefficient (Wildman–Crippen LogP) is 12.0. The monoisotopic (exact) mass is 1540 g/mol. The number of aromatic hydroxyl groups is 4. The van der Waals surface area contributed by atoms with Gasteiger partial charge in [-0.2, -0.15) is 15.8 Å². The highest BCUT2D eigenvalue weighted by Crippen LogP contribution is 2.63. The van der Waals surface area contributed by atoms with Crippen LogP contribution >= 0.6 is 0 Å². The van der Waals surface area contributed by atoms with Crippen molar-refractivity contribution in [1.82, 2.24) is 30.2 Å². The lowest BCUT2D eigenvalue weighted by molar-refractivity contribution is -0.0787. The Morgan fingerprint density at radius 2 is 0.702 bits per heavy atom. The molecule has 8 aromatic rings. The lowest BCUT2D eigenvalue weighted by atomic mass is 9.71. The molecule has 10 atom stereocenters. The second kappa shape index (κ2) is 31.0. The highest BCUT2D eigenvalue weighted by atomic mass is 16.6. The minimum absolute atomic E-state index is 0.0191. The smallest absolute Gasteiger partial charge is 0.407 e. The number of hydrogen-bond donors (Lipinski definition) is 6. The number of nitrogens with zero attached hydrogens (tertiary/aromatic N) is 7. The number of nitriles is 3. The van der Waals surface area contributed by atoms with Crippen LogP contribution in [0.25, 0.3) is 22.3 Å². The Kier molecular flexibility index (Phi) is 21.0. The van der Waals surface area contributed by atoms with E-state index in [9.17, 15) is 45.8 Å². The van der Waals surface area contributed by atoms with Gasteiger partial charge in [0.15, 0.2) is 46.0 Å². The summed E-state index contributed by atoms with van der Waals surface area (Å²) in [6, 6.07) is 33.5. The number of rotatable bonds is 18. The van der Waals surface area contributed by atoms with Gasteiger partial charge in [-0.15, -0.1) is 6.42 Å². The van der Waals surface area contributed by atoms with Crippen LogP contribution in [0.2, 0.25) is 0 Å². The first-order valence-corrected chi connectivity index (χ1v) is 38.0. The Morgan fingerprint density at radius 3 is 0.991 bits per heavy atom. The molecule has 2 fully saturated rings. The van der Waals surface area contributed by atoms with Crippen LogP contribution in [0.3, 0.4) is 0 Å². The number of amides is 2. The summed E-state index contributed by atoms with van der Waals surface area (Å²) in [7, 11) is 12.2. The molecule has 6 aliphatic heterocycles. The van der Waals surface area contributed by atoms with Crippen LogP contribution in [0.1, 0.15) is 125 Å². The van der Waals surface area contributed by atoms with Crippen molar-refractivity contribution in [2.24, 2.45) is 0 Å². The summed E-state index contributed by atoms with van der Waals surface area (Å²) in [6.45, 7) is 7.57. The van der Waals surface area contributed by atoms with Crippen molar-refractivity contribution in [2.75, 3.05) is 96.3 Å². The Hall–Kier alpha value is -12.2. The molecular formula is C89H91N9O16. The highest BCUT2D eigenvalue weighted by Gasteiger charge is 2.60. The number of fused-ring (bicyclic) bond motifs is 20. The van der Waals surface area contributed by atoms with E-state index in [4.69, 9.17) is 53.8 Å². The molecule has 8 aliphatic rings. The van der Waals surface area contributed by atoms with E-state index in [-0.39, 0.29) is 104 Å². The number of carbonyl (C=O) groups excluding carboxylic acids is 2. The number of methoxy groups -OCH3 is 8. The summed E-state index contributed by atoms with van der Waals surface area (Å²) >= 11 is 0. The largest absolute Gasteiger partial charge is 0.504 e. The summed E-state index contributed by atoms with van der Waals surface area (Å²) < 4.78 is 58.8. The first-order chi connectivity index (χ1) is 55.3. The lowest BCUT2D eigenvalue weighted by Gasteiger charge is -2.60. The molecule has 16 rings (SSSR count). The van der Waals surface area contributed by atoms with Gasteiger partial charge in [-0.3, -0.25) is 19.6 Å². The van der Waals surface area contributed by atoms with Crippen LogP contribution in [0.4, 0.5) is 9.59 Å². The molecule has 4 bridgehead atoms. The number of ether oxygens (including phenoxy) is 10. The summed E-state index contributed by atoms with van der Waals surface area (Å²) in [5, 5.41) is 86.4. The third kappa shape index (κ3) is 11.9. The minimum Gasteiger partial charge on any atom is -0.504 e. The topological polar surface area (TPSA) is 316 Å². The number of phenols is 4. The Bertz CT molecular complexity index is 4970. The van der Waals surface area contributed by atoms with Crippen LogP contribution in [0.5, 0.6) is 69.0 Å². The van der Waals surface area contributed by atoms with Crippen molar-refractivity contribution in [3.63, 3.8) is 0 Å². The molecule has 6 heterocycles. The zero-order chi connectivity index (χ0) is 80.6. The zero-order valence-corrected chi connectivity index (χ0v) is 65.6. The van der Waals surface area contributed by atoms with Crippen LogP contribution < -0.4 is 48.5 Å². The molecule has 0 saturated carbocycles. The van der Waals surface area contributed by atoms with Gasteiger partial charge in [0.05, 0.1) is 112 Å². The molecule has 114 heavy (non-hydrogen) atoms. The fraction of sp³-hybridized carbons (Fsp3) is 0.382. The molecular weight excluding hydrogens is 1450 g/mol. The SMILES string of the molecule is C#CCN1[C@@H]2c3c(O)c(OC)c(C)c(OC)c3C[C@H]1[C@H](C#N)N1[C@@H](CNC(=O)OCC3c4ccccc4-c4ccccc43)c3c(O)c(OC)c(C)c(OC)c3C[C@@H]21.COc1c(C)c(OC)c2c(c1O)[C@@H]1[C@@H]3Cc4c(OC)c(C)c(OC)c(O)c4[C@H](CNC(=O)OCC4c5ccccc5-c5ccccc54)N3[C@@H](C#N)[C@H](C2)N1CC#N. The van der Waals surface area contributed by atoms with Crippen molar-refractivity contribution < 1.29 is 77.4 Å². The van der Waals surface area contributed by atoms with Gasteiger partial charge in [0.1, 0.15) is 48.3 Å². The van der Waals surface area contributed by atoms with E-state index >= 15 is 0 Å². The number of phenolic OH excluding ortho intramolecular Hbond substituents is 4. The van der Waals surface area contributed by atoms with Gasteiger partial charge in [-0.1, -0.05) is 103 Å². The molecule has 588 valence electrons. The standard InChI is InChI=1S/C45H46N4O8.C44H45N5O8/c1-8-17-48-32-18-30-37(40(51)44(56-7)24(3)42(30)54-5)38(48)33-19-29-36(39(50)43(55-6)23(2)41(29)53-4)35(49(33)34(32)20-46)21-47-45(52)57-22-31-27-15-11-9-13-25(27)26-14-10-12-16-28(26)31;1-22-40(53-3)28-18-32-37-36-29(41(54-4)23(2)43(56-6)39(36)51)17-31(48(37)16-15-45)33(19-46)49(32)34(35(28)38(50)42(22)55-5)20-47-44(52)57-21-30-26-13-9-7-11-24(26)25-12-8-10-14-27(25)30/h1,9-16,31-35,38,50-51H,17-19,21-22H2,2-7H3,(H,47,52);7-14,30-34,37,50-51H,16-18,20-21H2,1-6H3,(H,47,52)/t32-,33-,34-,35-,38-;31-,32-,33-,34-,37-/m00/s1. The summed E-state index contributed by atoms with van der Waals surface area (Å²) in [5.41, 5.74) is 16.3. The zero-order valence-electron chi connectivity index (χ0n) is 65.6. The van der Waals surface area contributed by atoms with Crippen molar-refractivity contribution in [3.8, 4) is 122 Å². The van der Waals surface area contributed by atoms with Gasteiger partial charge in [-0.05, 0) is 97.9 Å². The van der Waals surface area contributed by atoms with Crippen molar-refractivity contribution in [2.45, 2.75) is 126 Å². The van der Waals surface area contributed by atoms with Crippen LogP contribution in [0.15, 0.2) is 97.1 Å². The maximum Gasteiger partial charge on any atom is 0.407 e. The average molecular weight is 1540 g/mol. The van der Waals surface area contributed by atoms with Gasteiger partial charge < -0.3 is 78.4 Å². The molecule has 6 N–H and O–H groups in total. The van der Waals surface area contributed by atoms with Crippen molar-refractivity contribution >= 4 is 12.2 Å². The van der Waals surface area contributed by atoms with E-state index in [1.54, 1.807) is 35.4 Å². The number of nitrogens with one attached hydrogen (secondary N) is 2. The van der Waals surface area contributed by atoms with E-state index in [2.05, 4.69) is 93.1 Å². The second-order valence-electron chi connectivity index (χ2n) is 29.9. The van der Waals surface area contributed by atoms with Crippen LogP contribution in [0, 0.1) is 74.0 Å². The van der Waals surface area contributed by atoms with Gasteiger partial charge in [0, 0.05) is 116 Å². The van der Waals surface area contributed by atoms with E-state index in [1.807, 2.05) is 79.1 Å². The summed E-state index contributed by atoms with van der Waals surface area (Å²) in [5.74, 6) is 5.37. The molecule has 0 aromatic heterocycles. The van der Waals surface area contributed by atoms with E-state index in [0.717, 1.165) is 55.6 Å². The van der Waals surface area contributed by atoms with Crippen molar-refractivity contribution in [3.05, 3.63) is 186 Å². The Balaban J connectivity index is 0.000000180. The number of alkyl carbamates (subject to hydrolysis) is 2. The van der Waals surface area contributed by atoms with Gasteiger partial charge in [-0.25, -0.2) is 9.59 Å². The molecule has 0 unspecified atom stereocenters. The molecule has 0 radical (unpaired) electrons. The predicted molar refractivity (Wildman–Crippen MR) is 421 cm³/mol. The van der Waals surface area contributed by atoms with Gasteiger partial charge >= 0.3 is 12.2 Å². The third-order valence-corrected chi connectivity index (χ3v) is 25.1. The minimum atomic E-state index is -0.831. The van der Waals surface area contributed by atoms with Crippen molar-refractivity contribution in [1.29, 1.82) is 15.8 Å². The van der Waals surface area contributed by atoms with E-state index in [1.165, 1.54) is 28.4 Å². The van der Waals surface area contributed by atoms with Gasteiger partial charge in [0.2, 0.25) is 0 Å². The van der Waals surface area contributed by atoms with Crippen LogP contribution in [-0.2, 0) is 35.2 Å². The van der Waals surface area contributed by atoms with Gasteiger partial charge in [0.25, 0.3) is 0 Å². The third-order valence-electron chi connectivity index (χ3n) is 25.1. The summed E-state index contributed by atoms with van der Waals surface area (Å²) in [6.07, 6.45) is 5.89. The number of benzene rings is 8. The van der Waals surface area contributed by atoms with E-state index in [0.29, 0.717) is 97.2 Å². The fourth-order valence-electron chi connectivity index (χ4n) is 20.8. The molecule has 0 spiro atoms. The lowest BCUT2D eigenvalue weighted by Crippen LogP contribution is -2.69. The molecule has 2 saturated heterocycles. The summed E-state index contributed by atoms with van der Waals surface area (Å²) in [4.78, 5) is 35.7. The molecule has 2 amide bonds. The second-order valence-corrected chi connectivity index (χ2v) is 29.9. The maximum absolute atomic E-state index is 13.8. The average Bonchev–Trinajstić information content (AvgIpc) is 0.740. The normalized spacial score (nSPS) is 21.7. The molecule has 8 aromatic carbocycles. The Labute approximate surface area is 662 Å². The highest BCUT2D eigenvalue weighted by molar-refractivity contribution is 5.81. The van der Waals surface area contributed by atoms with Crippen LogP contribution in [-0.4, -0.2) is 185 Å². The molecule has 25 heteroatoms. The maximum atomic E-state index is 13.8. The number of hydrogen-bond acceptors (Lipinski definition) is 23. The molecule has 2 aliphatic carbocycles. The first kappa shape index (κ1) is 77.1. The quantitative estimate of drug-likeness (QED) is 0.0343. The number of carbonyl (C=O) groups is 2. The Morgan fingerprint density at radius 1 is 0.421 bits per heavy atom. The number of piperazine rings is 2. The van der Waals surface area contributed by atoms with E-state index < -0.39 is 72.6 Å². The molecule has 25 nitrogen and oxygen atoms in total. The number of terminal acetylenes is 1. The first-order valence-electron chi connectivity index (χ1n) is 38.0. The fourth-order valence-corrected chi connectivity index (χ4v) is 20.8.